The highest BCUT2D eigenvalue weighted by Gasteiger charge is 2.32. The van der Waals surface area contributed by atoms with Crippen LogP contribution in [-0.4, -0.2) is 55.1 Å². The van der Waals surface area contributed by atoms with E-state index in [9.17, 15) is 18.0 Å². The van der Waals surface area contributed by atoms with Crippen LogP contribution in [0.25, 0.3) is 0 Å². The molecule has 0 bridgehead atoms. The molecule has 196 valence electrons. The lowest BCUT2D eigenvalue weighted by Crippen LogP contribution is -2.53. The molecule has 0 heterocycles. The summed E-state index contributed by atoms with van der Waals surface area (Å²) in [6, 6.07) is 13.8. The molecule has 1 saturated carbocycles. The molecule has 3 rings (SSSR count). The summed E-state index contributed by atoms with van der Waals surface area (Å²) in [7, 11) is -2.45. The fourth-order valence-corrected chi connectivity index (χ4v) is 5.73. The molecular formula is C28H39N3O4S. The Bertz CT molecular complexity index is 1120. The van der Waals surface area contributed by atoms with Crippen LogP contribution in [0.3, 0.4) is 0 Å². The Hall–Kier alpha value is -2.71. The highest BCUT2D eigenvalue weighted by molar-refractivity contribution is 7.89. The quantitative estimate of drug-likeness (QED) is 0.516. The first-order valence-corrected chi connectivity index (χ1v) is 14.2. The van der Waals surface area contributed by atoms with Crippen LogP contribution in [0, 0.1) is 13.8 Å². The number of likely N-dealkylation sites (N-methyl/N-ethyl adjacent to an activating group) is 1. The third-order valence-electron chi connectivity index (χ3n) is 6.90. The molecule has 36 heavy (non-hydrogen) atoms. The molecule has 0 radical (unpaired) electrons. The summed E-state index contributed by atoms with van der Waals surface area (Å²) in [5.74, 6) is -0.576. The number of rotatable bonds is 10. The minimum absolute atomic E-state index is 0.126. The van der Waals surface area contributed by atoms with Crippen LogP contribution < -0.4 is 5.32 Å². The minimum atomic E-state index is -3.85. The lowest BCUT2D eigenvalue weighted by Gasteiger charge is -2.33. The van der Waals surface area contributed by atoms with E-state index in [4.69, 9.17) is 0 Å². The lowest BCUT2D eigenvalue weighted by molar-refractivity contribution is -0.141. The normalized spacial score (nSPS) is 15.5. The van der Waals surface area contributed by atoms with Crippen LogP contribution in [0.15, 0.2) is 53.4 Å². The van der Waals surface area contributed by atoms with Gasteiger partial charge in [0.1, 0.15) is 6.04 Å². The third-order valence-corrected chi connectivity index (χ3v) is 8.72. The molecule has 2 amide bonds. The van der Waals surface area contributed by atoms with Gasteiger partial charge in [-0.05, 0) is 50.8 Å². The second kappa shape index (κ2) is 12.5. The first-order chi connectivity index (χ1) is 17.1. The summed E-state index contributed by atoms with van der Waals surface area (Å²) < 4.78 is 27.3. The Morgan fingerprint density at radius 2 is 1.50 bits per heavy atom. The smallest absolute Gasteiger partial charge is 0.243 e. The summed E-state index contributed by atoms with van der Waals surface area (Å²) in [5.41, 5.74) is 2.94. The van der Waals surface area contributed by atoms with Crippen molar-refractivity contribution in [2.24, 2.45) is 0 Å². The molecule has 1 unspecified atom stereocenters. The SMILES string of the molecule is CCC(C(=O)NC1CCCCC1)N(Cc1ccc(C)cc1)C(=O)CN(C)S(=O)(=O)c1ccc(C)cc1. The first kappa shape index (κ1) is 27.9. The van der Waals surface area contributed by atoms with Crippen molar-refractivity contribution in [3.8, 4) is 0 Å². The van der Waals surface area contributed by atoms with Crippen LogP contribution in [0.4, 0.5) is 0 Å². The van der Waals surface area contributed by atoms with Gasteiger partial charge in [0.05, 0.1) is 11.4 Å². The van der Waals surface area contributed by atoms with Crippen molar-refractivity contribution in [3.63, 3.8) is 0 Å². The molecule has 0 saturated heterocycles. The van der Waals surface area contributed by atoms with Crippen molar-refractivity contribution in [1.29, 1.82) is 0 Å². The lowest BCUT2D eigenvalue weighted by atomic mass is 9.95. The van der Waals surface area contributed by atoms with Crippen molar-refractivity contribution in [1.82, 2.24) is 14.5 Å². The van der Waals surface area contributed by atoms with Gasteiger partial charge in [-0.2, -0.15) is 4.31 Å². The Balaban J connectivity index is 1.82. The molecule has 1 N–H and O–H groups in total. The predicted molar refractivity (Wildman–Crippen MR) is 142 cm³/mol. The standard InChI is InChI=1S/C28H39N3O4S/c1-5-26(28(33)29-24-9-7-6-8-10-24)31(19-23-15-11-21(2)12-16-23)27(32)20-30(4)36(34,35)25-17-13-22(3)14-18-25/h11-18,24,26H,5-10,19-20H2,1-4H3,(H,29,33). The van der Waals surface area contributed by atoms with Gasteiger partial charge in [-0.1, -0.05) is 73.7 Å². The highest BCUT2D eigenvalue weighted by Crippen LogP contribution is 2.20. The molecule has 2 aromatic carbocycles. The van der Waals surface area contributed by atoms with Gasteiger partial charge in [0, 0.05) is 19.6 Å². The number of sulfonamides is 1. The largest absolute Gasteiger partial charge is 0.352 e. The molecular weight excluding hydrogens is 474 g/mol. The second-order valence-corrected chi connectivity index (χ2v) is 11.9. The maximum atomic E-state index is 13.6. The van der Waals surface area contributed by atoms with E-state index in [1.165, 1.54) is 18.4 Å². The van der Waals surface area contributed by atoms with Crippen LogP contribution in [-0.2, 0) is 26.2 Å². The Labute approximate surface area is 215 Å². The molecule has 1 fully saturated rings. The van der Waals surface area contributed by atoms with Crippen LogP contribution in [0.1, 0.15) is 62.1 Å². The molecule has 0 aliphatic heterocycles. The molecule has 2 aromatic rings. The third kappa shape index (κ3) is 7.17. The Morgan fingerprint density at radius 3 is 2.06 bits per heavy atom. The van der Waals surface area contributed by atoms with Gasteiger partial charge in [-0.15, -0.1) is 0 Å². The average molecular weight is 514 g/mol. The monoisotopic (exact) mass is 513 g/mol. The number of aryl methyl sites for hydroxylation is 2. The molecule has 0 aromatic heterocycles. The van der Waals surface area contributed by atoms with E-state index in [0.717, 1.165) is 46.7 Å². The highest BCUT2D eigenvalue weighted by atomic mass is 32.2. The number of carbonyl (C=O) groups excluding carboxylic acids is 2. The summed E-state index contributed by atoms with van der Waals surface area (Å²) in [4.78, 5) is 28.6. The Kier molecular flexibility index (Phi) is 9.68. The van der Waals surface area contributed by atoms with Gasteiger partial charge in [-0.25, -0.2) is 8.42 Å². The van der Waals surface area contributed by atoms with E-state index >= 15 is 0 Å². The van der Waals surface area contributed by atoms with Crippen LogP contribution in [0.2, 0.25) is 0 Å². The first-order valence-electron chi connectivity index (χ1n) is 12.8. The summed E-state index contributed by atoms with van der Waals surface area (Å²) in [5, 5.41) is 3.15. The van der Waals surface area contributed by atoms with Gasteiger partial charge in [0.15, 0.2) is 0 Å². The number of hydrogen-bond donors (Lipinski definition) is 1. The zero-order valence-corrected chi connectivity index (χ0v) is 22.7. The van der Waals surface area contributed by atoms with E-state index in [1.54, 1.807) is 24.3 Å². The van der Waals surface area contributed by atoms with E-state index in [1.807, 2.05) is 45.0 Å². The molecule has 1 atom stereocenters. The number of carbonyl (C=O) groups is 2. The Morgan fingerprint density at radius 1 is 0.944 bits per heavy atom. The fraction of sp³-hybridized carbons (Fsp3) is 0.500. The zero-order chi connectivity index (χ0) is 26.3. The van der Waals surface area contributed by atoms with Gasteiger partial charge in [0.25, 0.3) is 0 Å². The van der Waals surface area contributed by atoms with Gasteiger partial charge < -0.3 is 10.2 Å². The maximum Gasteiger partial charge on any atom is 0.243 e. The van der Waals surface area contributed by atoms with Gasteiger partial charge in [-0.3, -0.25) is 9.59 Å². The number of hydrogen-bond acceptors (Lipinski definition) is 4. The van der Waals surface area contributed by atoms with Crippen molar-refractivity contribution in [3.05, 3.63) is 65.2 Å². The number of benzene rings is 2. The zero-order valence-electron chi connectivity index (χ0n) is 21.9. The van der Waals surface area contributed by atoms with E-state index < -0.39 is 22.0 Å². The van der Waals surface area contributed by atoms with Crippen LogP contribution in [0.5, 0.6) is 0 Å². The molecule has 1 aliphatic rings. The maximum absolute atomic E-state index is 13.6. The van der Waals surface area contributed by atoms with Crippen molar-refractivity contribution in [2.45, 2.75) is 82.8 Å². The van der Waals surface area contributed by atoms with Crippen molar-refractivity contribution < 1.29 is 18.0 Å². The summed E-state index contributed by atoms with van der Waals surface area (Å²) >= 11 is 0. The summed E-state index contributed by atoms with van der Waals surface area (Å²) in [6.45, 7) is 5.64. The number of nitrogens with one attached hydrogen (secondary N) is 1. The van der Waals surface area contributed by atoms with E-state index in [0.29, 0.717) is 6.42 Å². The topological polar surface area (TPSA) is 86.8 Å². The number of amides is 2. The van der Waals surface area contributed by atoms with E-state index in [-0.39, 0.29) is 29.9 Å². The van der Waals surface area contributed by atoms with Crippen molar-refractivity contribution in [2.75, 3.05) is 13.6 Å². The minimum Gasteiger partial charge on any atom is -0.352 e. The fourth-order valence-electron chi connectivity index (χ4n) is 4.61. The molecule has 8 heteroatoms. The van der Waals surface area contributed by atoms with E-state index in [2.05, 4.69) is 5.32 Å². The van der Waals surface area contributed by atoms with Gasteiger partial charge >= 0.3 is 0 Å². The predicted octanol–water partition coefficient (Wildman–Crippen LogP) is 4.18. The molecule has 0 spiro atoms. The molecule has 1 aliphatic carbocycles. The van der Waals surface area contributed by atoms with Crippen molar-refractivity contribution >= 4 is 21.8 Å². The second-order valence-electron chi connectivity index (χ2n) is 9.85. The van der Waals surface area contributed by atoms with Gasteiger partial charge in [0.2, 0.25) is 21.8 Å². The van der Waals surface area contributed by atoms with Crippen LogP contribution >= 0.6 is 0 Å². The average Bonchev–Trinajstić information content (AvgIpc) is 2.86. The molecule has 7 nitrogen and oxygen atoms in total. The number of nitrogens with zero attached hydrogens (tertiary/aromatic N) is 2. The summed E-state index contributed by atoms with van der Waals surface area (Å²) in [6.07, 6.45) is 5.70.